The molecule has 6 aliphatic rings. The van der Waals surface area contributed by atoms with Crippen molar-refractivity contribution in [3.63, 3.8) is 0 Å². The normalized spacial score (nSPS) is 36.7. The van der Waals surface area contributed by atoms with Crippen LogP contribution < -0.4 is 0 Å². The van der Waals surface area contributed by atoms with Crippen molar-refractivity contribution in [3.05, 3.63) is 35.5 Å². The minimum absolute atomic E-state index is 0.121. The fourth-order valence-electron chi connectivity index (χ4n) is 12.7. The van der Waals surface area contributed by atoms with Crippen LogP contribution in [0.1, 0.15) is 106 Å². The summed E-state index contributed by atoms with van der Waals surface area (Å²) in [5.41, 5.74) is 3.79. The van der Waals surface area contributed by atoms with Crippen LogP contribution in [0.2, 0.25) is 48.4 Å². The maximum Gasteiger partial charge on any atom is 0.338 e. The van der Waals surface area contributed by atoms with E-state index < -0.39 is 40.0 Å². The summed E-state index contributed by atoms with van der Waals surface area (Å²) in [5.74, 6) is -2.35. The van der Waals surface area contributed by atoms with E-state index in [2.05, 4.69) is 53.7 Å². The molecule has 2 aliphatic heterocycles. The van der Waals surface area contributed by atoms with E-state index in [0.717, 1.165) is 37.8 Å². The number of ether oxygens (including phenoxy) is 2. The van der Waals surface area contributed by atoms with Gasteiger partial charge >= 0.3 is 23.9 Å². The molecule has 2 saturated carbocycles. The Balaban J connectivity index is 1.00. The Kier molecular flexibility index (Phi) is 11.1. The summed E-state index contributed by atoms with van der Waals surface area (Å²) < 4.78 is 10.4. The van der Waals surface area contributed by atoms with Gasteiger partial charge in [0, 0.05) is 12.2 Å². The van der Waals surface area contributed by atoms with Crippen molar-refractivity contribution in [1.29, 1.82) is 0 Å². The van der Waals surface area contributed by atoms with Gasteiger partial charge in [-0.2, -0.15) is 0 Å². The lowest BCUT2D eigenvalue weighted by Crippen LogP contribution is -2.45. The van der Waals surface area contributed by atoms with Crippen LogP contribution in [-0.2, 0) is 28.7 Å². The first-order valence-corrected chi connectivity index (χ1v) is 26.2. The number of carbonyl (C=O) groups is 4. The smallest absolute Gasteiger partial charge is 0.338 e. The molecular weight excluding hydrogens is 657 g/mol. The highest BCUT2D eigenvalue weighted by atomic mass is 28.3. The van der Waals surface area contributed by atoms with Crippen LogP contribution in [0.15, 0.2) is 35.5 Å². The van der Waals surface area contributed by atoms with Gasteiger partial charge in [0.05, 0.1) is 28.0 Å². The average molecular weight is 721 g/mol. The van der Waals surface area contributed by atoms with Crippen molar-refractivity contribution in [2.75, 3.05) is 0 Å². The molecule has 6 rings (SSSR count). The number of allylic oxidation sites excluding steroid dienone is 4. The van der Waals surface area contributed by atoms with E-state index in [1.807, 2.05) is 0 Å². The highest BCUT2D eigenvalue weighted by molar-refractivity contribution is 6.80. The molecule has 0 N–H and O–H groups in total. The van der Waals surface area contributed by atoms with Crippen molar-refractivity contribution < 1.29 is 28.7 Å². The maximum absolute atomic E-state index is 13.1. The number of fused-ring (bicyclic) bond motifs is 4. The van der Waals surface area contributed by atoms with Crippen LogP contribution in [0.5, 0.6) is 0 Å². The summed E-state index contributed by atoms with van der Waals surface area (Å²) in [5, 5.41) is 0. The quantitative estimate of drug-likeness (QED) is 0.0656. The molecule has 2 heterocycles. The minimum Gasteiger partial charge on any atom is -0.390 e. The first-order valence-electron chi connectivity index (χ1n) is 20.6. The Hall–Kier alpha value is -2.07. The summed E-state index contributed by atoms with van der Waals surface area (Å²) in [7, 11) is -2.50. The van der Waals surface area contributed by atoms with Gasteiger partial charge in [0.1, 0.15) is 0 Å². The van der Waals surface area contributed by atoms with E-state index in [4.69, 9.17) is 9.47 Å². The van der Waals surface area contributed by atoms with Gasteiger partial charge in [0.15, 0.2) is 0 Å². The van der Waals surface area contributed by atoms with Gasteiger partial charge in [0.25, 0.3) is 0 Å². The maximum atomic E-state index is 13.1. The fourth-order valence-corrected chi connectivity index (χ4v) is 22.4. The molecule has 0 aromatic rings. The van der Waals surface area contributed by atoms with E-state index in [0.29, 0.717) is 22.7 Å². The predicted molar refractivity (Wildman–Crippen MR) is 203 cm³/mol. The van der Waals surface area contributed by atoms with Gasteiger partial charge in [-0.05, 0) is 98.0 Å². The fraction of sp³-hybridized carbons (Fsp3) is 0.762. The van der Waals surface area contributed by atoms with E-state index in [9.17, 15) is 19.2 Å². The van der Waals surface area contributed by atoms with Crippen LogP contribution in [0.3, 0.4) is 0 Å². The molecule has 2 saturated heterocycles. The molecule has 8 heteroatoms. The SMILES string of the molecule is CCC1(C2=CC3CC2CC3C(=O)OC(=O)/C=C\C(=O)OC(=O)C2CC3CC2C=C3C2(CC)CCC[Si](CC)(CC)C2)CCC[Si](CC)(CC)C1. The van der Waals surface area contributed by atoms with Crippen molar-refractivity contribution in [1.82, 2.24) is 0 Å². The number of carbonyl (C=O) groups excluding carboxylic acids is 4. The lowest BCUT2D eigenvalue weighted by molar-refractivity contribution is -0.162. The molecule has 276 valence electrons. The molecule has 0 aromatic heterocycles. The first kappa shape index (κ1) is 37.7. The van der Waals surface area contributed by atoms with Gasteiger partial charge in [0.2, 0.25) is 0 Å². The third-order valence-electron chi connectivity index (χ3n) is 16.0. The van der Waals surface area contributed by atoms with Crippen LogP contribution >= 0.6 is 0 Å². The Bertz CT molecular complexity index is 1330. The zero-order valence-corrected chi connectivity index (χ0v) is 34.0. The third kappa shape index (κ3) is 6.78. The summed E-state index contributed by atoms with van der Waals surface area (Å²) >= 11 is 0. The van der Waals surface area contributed by atoms with Gasteiger partial charge in [-0.25, -0.2) is 9.59 Å². The summed E-state index contributed by atoms with van der Waals surface area (Å²) in [6.45, 7) is 14.3. The Labute approximate surface area is 303 Å². The van der Waals surface area contributed by atoms with E-state index in [1.54, 1.807) is 11.1 Å². The molecule has 0 aromatic carbocycles. The Morgan fingerprint density at radius 2 is 1.02 bits per heavy atom. The molecule has 0 radical (unpaired) electrons. The number of rotatable bonds is 12. The first-order chi connectivity index (χ1) is 23.9. The summed E-state index contributed by atoms with van der Waals surface area (Å²) in [6.07, 6.45) is 17.6. The van der Waals surface area contributed by atoms with Gasteiger partial charge in [-0.15, -0.1) is 0 Å². The molecule has 4 aliphatic carbocycles. The van der Waals surface area contributed by atoms with Crippen molar-refractivity contribution in [2.24, 2.45) is 46.3 Å². The molecule has 6 nitrogen and oxygen atoms in total. The molecule has 8 unspecified atom stereocenters. The molecule has 8 atom stereocenters. The molecule has 50 heavy (non-hydrogen) atoms. The second-order valence-corrected chi connectivity index (χ2v) is 28.2. The number of hydrogen-bond donors (Lipinski definition) is 0. The molecular formula is C42H64O6Si2. The molecule has 4 bridgehead atoms. The molecule has 4 fully saturated rings. The van der Waals surface area contributed by atoms with Gasteiger partial charge in [-0.1, -0.05) is 114 Å². The lowest BCUT2D eigenvalue weighted by atomic mass is 9.69. The summed E-state index contributed by atoms with van der Waals surface area (Å²) in [6, 6.07) is 11.1. The van der Waals surface area contributed by atoms with Crippen LogP contribution in [0, 0.1) is 46.3 Å². The second-order valence-electron chi connectivity index (χ2n) is 17.7. The van der Waals surface area contributed by atoms with Crippen LogP contribution in [0.25, 0.3) is 0 Å². The third-order valence-corrected chi connectivity index (χ3v) is 27.7. The van der Waals surface area contributed by atoms with E-state index >= 15 is 0 Å². The van der Waals surface area contributed by atoms with Gasteiger partial charge < -0.3 is 9.47 Å². The second kappa shape index (κ2) is 14.8. The minimum atomic E-state index is -1.25. The van der Waals surface area contributed by atoms with Crippen molar-refractivity contribution in [3.8, 4) is 0 Å². The topological polar surface area (TPSA) is 86.7 Å². The largest absolute Gasteiger partial charge is 0.390 e. The van der Waals surface area contributed by atoms with Crippen molar-refractivity contribution >= 4 is 40.0 Å². The highest BCUT2D eigenvalue weighted by Crippen LogP contribution is 2.62. The highest BCUT2D eigenvalue weighted by Gasteiger charge is 2.55. The zero-order chi connectivity index (χ0) is 35.9. The summed E-state index contributed by atoms with van der Waals surface area (Å²) in [4.78, 5) is 51.5. The Morgan fingerprint density at radius 1 is 0.640 bits per heavy atom. The lowest BCUT2D eigenvalue weighted by Gasteiger charge is -2.49. The average Bonchev–Trinajstić information content (AvgIpc) is 3.96. The van der Waals surface area contributed by atoms with E-state index in [-0.39, 0.29) is 23.7 Å². The standard InChI is InChI=1S/C42H64O6Si2/c1-7-41(17-13-19-49(9-3,10-4)27-41)35-25-29-21-31(35)23-33(29)39(45)47-37(43)15-16-38(44)48-40(46)34-24-32-22-30(34)26-36(32)42(8-2)18-14-20-50(11-5,12-6)28-42/h15-16,25-26,29-34H,7-14,17-24,27-28H2,1-6H3/b16-15-. The van der Waals surface area contributed by atoms with E-state index in [1.165, 1.54) is 86.9 Å². The predicted octanol–water partition coefficient (Wildman–Crippen LogP) is 10.2. The molecule has 0 spiro atoms. The Morgan fingerprint density at radius 3 is 1.32 bits per heavy atom. The zero-order valence-electron chi connectivity index (χ0n) is 32.0. The van der Waals surface area contributed by atoms with Gasteiger partial charge in [-0.3, -0.25) is 9.59 Å². The van der Waals surface area contributed by atoms with Crippen LogP contribution in [-0.4, -0.2) is 40.0 Å². The monoisotopic (exact) mass is 720 g/mol. The number of hydrogen-bond acceptors (Lipinski definition) is 6. The van der Waals surface area contributed by atoms with Crippen molar-refractivity contribution in [2.45, 2.75) is 154 Å². The number of esters is 4. The molecule has 0 amide bonds. The van der Waals surface area contributed by atoms with Crippen LogP contribution in [0.4, 0.5) is 0 Å².